The highest BCUT2D eigenvalue weighted by atomic mass is 16.5. The van der Waals surface area contributed by atoms with Gasteiger partial charge in [0.25, 0.3) is 0 Å². The lowest BCUT2D eigenvalue weighted by Gasteiger charge is -2.38. The highest BCUT2D eigenvalue weighted by Crippen LogP contribution is 2.23. The predicted octanol–water partition coefficient (Wildman–Crippen LogP) is 4.30. The van der Waals surface area contributed by atoms with Gasteiger partial charge in [0.05, 0.1) is 77.9 Å². The highest BCUT2D eigenvalue weighted by molar-refractivity contribution is 5.44. The molecule has 0 aliphatic carbocycles. The molecule has 2 aromatic carbocycles. The first kappa shape index (κ1) is 34.6. The molecule has 0 heterocycles. The molecule has 41 heavy (non-hydrogen) atoms. The Balaban J connectivity index is 1.97. The van der Waals surface area contributed by atoms with E-state index in [2.05, 4.69) is 10.2 Å². The van der Waals surface area contributed by atoms with Gasteiger partial charge in [0.2, 0.25) is 0 Å². The van der Waals surface area contributed by atoms with Crippen LogP contribution < -0.4 is 9.47 Å². The molecule has 0 saturated heterocycles. The lowest BCUT2D eigenvalue weighted by atomic mass is 10.3. The van der Waals surface area contributed by atoms with E-state index >= 15 is 0 Å². The lowest BCUT2D eigenvalue weighted by molar-refractivity contribution is -0.929. The van der Waals surface area contributed by atoms with Crippen LogP contribution in [0.5, 0.6) is 11.5 Å². The number of ether oxygens (including phenoxy) is 8. The molecule has 11 nitrogen and oxygen atoms in total. The average Bonchev–Trinajstić information content (AvgIpc) is 3.00. The number of nitrogens with zero attached hydrogens (tertiary/aromatic N) is 3. The minimum atomic E-state index is 0.529. The van der Waals surface area contributed by atoms with Crippen LogP contribution >= 0.6 is 0 Å². The van der Waals surface area contributed by atoms with E-state index in [-0.39, 0.29) is 0 Å². The van der Waals surface area contributed by atoms with Crippen molar-refractivity contribution in [1.82, 2.24) is 0 Å². The largest absolute Gasteiger partial charge is 0.497 e. The van der Waals surface area contributed by atoms with Crippen LogP contribution in [0.2, 0.25) is 0 Å². The molecule has 0 radical (unpaired) electrons. The van der Waals surface area contributed by atoms with Crippen molar-refractivity contribution in [2.75, 3.05) is 121 Å². The molecule has 0 atom stereocenters. The van der Waals surface area contributed by atoms with Gasteiger partial charge in [-0.2, -0.15) is 10.2 Å². The predicted molar refractivity (Wildman–Crippen MR) is 157 cm³/mol. The maximum Gasteiger partial charge on any atom is 0.137 e. The van der Waals surface area contributed by atoms with E-state index in [1.165, 1.54) is 0 Å². The summed E-state index contributed by atoms with van der Waals surface area (Å²) in [6.45, 7) is 8.91. The van der Waals surface area contributed by atoms with Crippen molar-refractivity contribution in [2.24, 2.45) is 10.2 Å². The van der Waals surface area contributed by atoms with Crippen molar-refractivity contribution in [2.45, 2.75) is 0 Å². The fourth-order valence-corrected chi connectivity index (χ4v) is 3.91. The summed E-state index contributed by atoms with van der Waals surface area (Å²) in [4.78, 5) is 0. The first-order valence-electron chi connectivity index (χ1n) is 14.0. The normalized spacial score (nSPS) is 11.8. The molecule has 0 amide bonds. The molecule has 0 saturated carbocycles. The fourth-order valence-electron chi connectivity index (χ4n) is 3.91. The van der Waals surface area contributed by atoms with Gasteiger partial charge in [-0.05, 0) is 48.5 Å². The van der Waals surface area contributed by atoms with Gasteiger partial charge in [-0.3, -0.25) is 0 Å². The van der Waals surface area contributed by atoms with Gasteiger partial charge in [-0.1, -0.05) is 0 Å². The van der Waals surface area contributed by atoms with Crippen LogP contribution in [0.25, 0.3) is 0 Å². The summed E-state index contributed by atoms with van der Waals surface area (Å²) in [5, 5.41) is 8.60. The Morgan fingerprint density at radius 3 is 1.24 bits per heavy atom. The van der Waals surface area contributed by atoms with Gasteiger partial charge in [0.15, 0.2) is 0 Å². The number of benzene rings is 2. The number of methoxy groups -OCH3 is 4. The maximum absolute atomic E-state index is 6.16. The van der Waals surface area contributed by atoms with Crippen LogP contribution in [0.3, 0.4) is 0 Å². The topological polar surface area (TPSA) is 98.6 Å². The zero-order valence-corrected chi connectivity index (χ0v) is 25.1. The molecule has 0 aliphatic rings. The standard InChI is InChI=1S/C30H48N3O8/c1-34-21-24-38-17-13-33(14-18-39-25-22-35-2,15-19-40-26-23-36-3)16-20-41-30-11-7-28(8-12-30)32-31-27-5-9-29(37-4)10-6-27/h5-12H,13-26H2,1-4H3/q+1. The molecule has 230 valence electrons. The summed E-state index contributed by atoms with van der Waals surface area (Å²) >= 11 is 0. The van der Waals surface area contributed by atoms with E-state index in [1.807, 2.05) is 48.5 Å². The zero-order chi connectivity index (χ0) is 29.4. The minimum absolute atomic E-state index is 0.529. The fraction of sp³-hybridized carbons (Fsp3) is 0.600. The average molecular weight is 579 g/mol. The Morgan fingerprint density at radius 1 is 0.463 bits per heavy atom. The van der Waals surface area contributed by atoms with E-state index < -0.39 is 0 Å². The van der Waals surface area contributed by atoms with Crippen LogP contribution in [0.4, 0.5) is 11.4 Å². The van der Waals surface area contributed by atoms with Crippen molar-refractivity contribution in [3.8, 4) is 11.5 Å². The first-order valence-corrected chi connectivity index (χ1v) is 14.0. The molecule has 0 spiro atoms. The second-order valence-corrected chi connectivity index (χ2v) is 9.29. The number of quaternary nitrogens is 1. The van der Waals surface area contributed by atoms with E-state index in [1.54, 1.807) is 28.4 Å². The Morgan fingerprint density at radius 2 is 0.854 bits per heavy atom. The molecule has 11 heteroatoms. The third kappa shape index (κ3) is 15.2. The zero-order valence-electron chi connectivity index (χ0n) is 25.1. The molecule has 0 bridgehead atoms. The Labute approximate surface area is 244 Å². The van der Waals surface area contributed by atoms with Crippen LogP contribution in [-0.2, 0) is 28.4 Å². The van der Waals surface area contributed by atoms with Crippen molar-refractivity contribution in [3.63, 3.8) is 0 Å². The van der Waals surface area contributed by atoms with Gasteiger partial charge in [-0.15, -0.1) is 0 Å². The van der Waals surface area contributed by atoms with E-state index in [9.17, 15) is 0 Å². The number of hydrogen-bond acceptors (Lipinski definition) is 10. The first-order chi connectivity index (χ1) is 20.1. The van der Waals surface area contributed by atoms with E-state index in [4.69, 9.17) is 37.9 Å². The van der Waals surface area contributed by atoms with Crippen LogP contribution in [0, 0.1) is 0 Å². The number of hydrogen-bond donors (Lipinski definition) is 0. The summed E-state index contributed by atoms with van der Waals surface area (Å²) in [6.07, 6.45) is 0. The summed E-state index contributed by atoms with van der Waals surface area (Å²) < 4.78 is 44.9. The molecule has 0 aromatic heterocycles. The minimum Gasteiger partial charge on any atom is -0.497 e. The molecular weight excluding hydrogens is 530 g/mol. The number of rotatable bonds is 25. The van der Waals surface area contributed by atoms with Crippen LogP contribution in [-0.4, -0.2) is 125 Å². The van der Waals surface area contributed by atoms with Crippen LogP contribution in [0.1, 0.15) is 0 Å². The second-order valence-electron chi connectivity index (χ2n) is 9.29. The summed E-state index contributed by atoms with van der Waals surface area (Å²) in [5.41, 5.74) is 1.50. The molecule has 2 rings (SSSR count). The molecule has 2 aromatic rings. The van der Waals surface area contributed by atoms with Crippen molar-refractivity contribution in [3.05, 3.63) is 48.5 Å². The quantitative estimate of drug-likeness (QED) is 0.0978. The van der Waals surface area contributed by atoms with E-state index in [0.29, 0.717) is 66.1 Å². The summed E-state index contributed by atoms with van der Waals surface area (Å²) in [6, 6.07) is 15.0. The van der Waals surface area contributed by atoms with Crippen molar-refractivity contribution >= 4 is 11.4 Å². The Bertz CT molecular complexity index is 892. The van der Waals surface area contributed by atoms with Crippen molar-refractivity contribution < 1.29 is 42.4 Å². The monoisotopic (exact) mass is 578 g/mol. The van der Waals surface area contributed by atoms with E-state index in [0.717, 1.165) is 53.5 Å². The van der Waals surface area contributed by atoms with Gasteiger partial charge >= 0.3 is 0 Å². The summed E-state index contributed by atoms with van der Waals surface area (Å²) in [7, 11) is 6.65. The smallest absolute Gasteiger partial charge is 0.137 e. The molecule has 0 N–H and O–H groups in total. The second kappa shape index (κ2) is 22.0. The lowest BCUT2D eigenvalue weighted by Crippen LogP contribution is -2.56. The third-order valence-corrected chi connectivity index (χ3v) is 6.45. The van der Waals surface area contributed by atoms with Gasteiger partial charge in [0.1, 0.15) is 44.3 Å². The molecular formula is C30H48N3O8+. The van der Waals surface area contributed by atoms with Crippen molar-refractivity contribution in [1.29, 1.82) is 0 Å². The summed E-state index contributed by atoms with van der Waals surface area (Å²) in [5.74, 6) is 1.56. The molecule has 0 fully saturated rings. The molecule has 0 aliphatic heterocycles. The SMILES string of the molecule is COCCOCC[N+](CCOCCOC)(CCOCCOC)CCOc1ccc(N=Nc2ccc(OC)cc2)cc1. The maximum atomic E-state index is 6.16. The van der Waals surface area contributed by atoms with Gasteiger partial charge in [0, 0.05) is 21.3 Å². The third-order valence-electron chi connectivity index (χ3n) is 6.45. The highest BCUT2D eigenvalue weighted by Gasteiger charge is 2.27. The molecule has 0 unspecified atom stereocenters. The Kier molecular flexibility index (Phi) is 18.6. The Hall–Kier alpha value is -2.64. The van der Waals surface area contributed by atoms with Crippen LogP contribution in [0.15, 0.2) is 58.8 Å². The van der Waals surface area contributed by atoms with Gasteiger partial charge in [-0.25, -0.2) is 0 Å². The number of azo groups is 1. The van der Waals surface area contributed by atoms with Gasteiger partial charge < -0.3 is 42.4 Å².